The number of nitrogens with one attached hydrogen (secondary N) is 1. The van der Waals surface area contributed by atoms with Gasteiger partial charge in [-0.1, -0.05) is 33.6 Å². The zero-order valence-corrected chi connectivity index (χ0v) is 11.9. The Labute approximate surface area is 105 Å². The quantitative estimate of drug-likeness (QED) is 0.683. The Morgan fingerprint density at radius 3 is 2.24 bits per heavy atom. The van der Waals surface area contributed by atoms with Crippen LogP contribution in [-0.4, -0.2) is 31.2 Å². The summed E-state index contributed by atoms with van der Waals surface area (Å²) in [5.74, 6) is 0.384. The summed E-state index contributed by atoms with van der Waals surface area (Å²) in [6.45, 7) is 8.50. The van der Waals surface area contributed by atoms with E-state index in [0.717, 1.165) is 12.8 Å². The topological polar surface area (TPSA) is 64.3 Å². The summed E-state index contributed by atoms with van der Waals surface area (Å²) >= 11 is 0. The van der Waals surface area contributed by atoms with Crippen LogP contribution in [0.25, 0.3) is 0 Å². The normalized spacial score (nSPS) is 16.6. The van der Waals surface area contributed by atoms with Crippen molar-refractivity contribution in [2.75, 3.05) is 13.7 Å². The van der Waals surface area contributed by atoms with Crippen LogP contribution in [0.4, 0.5) is 0 Å². The average molecular weight is 244 g/mol. The Morgan fingerprint density at radius 2 is 1.88 bits per heavy atom. The van der Waals surface area contributed by atoms with E-state index in [1.165, 1.54) is 0 Å². The van der Waals surface area contributed by atoms with Crippen molar-refractivity contribution >= 4 is 5.91 Å². The number of hydrogen-bond acceptors (Lipinski definition) is 3. The first-order valence-corrected chi connectivity index (χ1v) is 6.54. The predicted octanol–water partition coefficient (Wildman–Crippen LogP) is 1.68. The molecule has 0 radical (unpaired) electrons. The lowest BCUT2D eigenvalue weighted by Gasteiger charge is -2.27. The number of rotatable bonds is 8. The maximum Gasteiger partial charge on any atom is 0.251 e. The fourth-order valence-electron chi connectivity index (χ4n) is 1.86. The van der Waals surface area contributed by atoms with Crippen molar-refractivity contribution in [3.05, 3.63) is 0 Å². The first-order valence-electron chi connectivity index (χ1n) is 6.54. The van der Waals surface area contributed by atoms with E-state index in [1.807, 2.05) is 6.92 Å². The summed E-state index contributed by atoms with van der Waals surface area (Å²) in [7, 11) is 1.56. The Balaban J connectivity index is 4.24. The summed E-state index contributed by atoms with van der Waals surface area (Å²) in [5.41, 5.74) is 5.32. The molecule has 0 bridgehead atoms. The van der Waals surface area contributed by atoms with Crippen LogP contribution in [0.2, 0.25) is 0 Å². The fraction of sp³-hybridized carbons (Fsp3) is 0.923. The third-order valence-corrected chi connectivity index (χ3v) is 3.76. The number of hydrogen-bond donors (Lipinski definition) is 2. The van der Waals surface area contributed by atoms with Gasteiger partial charge in [0.05, 0.1) is 0 Å². The summed E-state index contributed by atoms with van der Waals surface area (Å²) in [6.07, 6.45) is 2.74. The highest BCUT2D eigenvalue weighted by Crippen LogP contribution is 2.15. The Hall–Kier alpha value is -0.610. The Kier molecular flexibility index (Phi) is 7.39. The molecule has 4 heteroatoms. The zero-order valence-electron chi connectivity index (χ0n) is 11.9. The minimum absolute atomic E-state index is 0.0203. The van der Waals surface area contributed by atoms with Crippen LogP contribution >= 0.6 is 0 Å². The Bertz CT molecular complexity index is 223. The van der Waals surface area contributed by atoms with Crippen molar-refractivity contribution < 1.29 is 9.53 Å². The van der Waals surface area contributed by atoms with Crippen LogP contribution in [0.5, 0.6) is 0 Å². The second-order valence-electron chi connectivity index (χ2n) is 4.74. The molecule has 0 aliphatic rings. The summed E-state index contributed by atoms with van der Waals surface area (Å²) in [4.78, 5) is 11.9. The molecule has 0 rings (SSSR count). The lowest BCUT2D eigenvalue weighted by atomic mass is 9.94. The molecule has 0 saturated heterocycles. The van der Waals surface area contributed by atoms with Gasteiger partial charge in [-0.05, 0) is 19.3 Å². The highest BCUT2D eigenvalue weighted by Gasteiger charge is 2.31. The number of carbonyl (C=O) groups excluding carboxylic acids is 1. The van der Waals surface area contributed by atoms with E-state index < -0.39 is 5.60 Å². The van der Waals surface area contributed by atoms with Gasteiger partial charge in [0.25, 0.3) is 5.91 Å². The number of ether oxygens (including phenoxy) is 1. The maximum atomic E-state index is 11.9. The van der Waals surface area contributed by atoms with Crippen LogP contribution in [0.1, 0.15) is 47.0 Å². The van der Waals surface area contributed by atoms with Crippen LogP contribution in [-0.2, 0) is 9.53 Å². The SMILES string of the molecule is CCC(CC)C(N)CNC(=O)C(C)(CC)OC. The molecule has 0 aliphatic carbocycles. The van der Waals surface area contributed by atoms with Gasteiger partial charge >= 0.3 is 0 Å². The smallest absolute Gasteiger partial charge is 0.251 e. The average Bonchev–Trinajstić information content (AvgIpc) is 2.36. The number of carbonyl (C=O) groups is 1. The minimum Gasteiger partial charge on any atom is -0.369 e. The van der Waals surface area contributed by atoms with Crippen LogP contribution in [0, 0.1) is 5.92 Å². The molecule has 102 valence electrons. The first kappa shape index (κ1) is 16.4. The van der Waals surface area contributed by atoms with E-state index >= 15 is 0 Å². The van der Waals surface area contributed by atoms with Crippen molar-refractivity contribution in [3.63, 3.8) is 0 Å². The van der Waals surface area contributed by atoms with E-state index in [9.17, 15) is 4.79 Å². The highest BCUT2D eigenvalue weighted by atomic mass is 16.5. The van der Waals surface area contributed by atoms with Gasteiger partial charge in [-0.25, -0.2) is 0 Å². The van der Waals surface area contributed by atoms with E-state index in [0.29, 0.717) is 18.9 Å². The molecule has 0 aliphatic heterocycles. The number of amides is 1. The van der Waals surface area contributed by atoms with E-state index in [-0.39, 0.29) is 11.9 Å². The predicted molar refractivity (Wildman–Crippen MR) is 70.8 cm³/mol. The molecule has 0 saturated carbocycles. The van der Waals surface area contributed by atoms with Gasteiger partial charge in [0.15, 0.2) is 0 Å². The molecule has 2 atom stereocenters. The highest BCUT2D eigenvalue weighted by molar-refractivity contribution is 5.84. The molecule has 4 nitrogen and oxygen atoms in total. The van der Waals surface area contributed by atoms with E-state index in [2.05, 4.69) is 19.2 Å². The molecular weight excluding hydrogens is 216 g/mol. The van der Waals surface area contributed by atoms with E-state index in [1.54, 1.807) is 14.0 Å². The number of nitrogens with two attached hydrogens (primary N) is 1. The van der Waals surface area contributed by atoms with Gasteiger partial charge in [-0.2, -0.15) is 0 Å². The van der Waals surface area contributed by atoms with Crippen LogP contribution < -0.4 is 11.1 Å². The third-order valence-electron chi connectivity index (χ3n) is 3.76. The van der Waals surface area contributed by atoms with Crippen LogP contribution in [0.15, 0.2) is 0 Å². The molecule has 0 aromatic rings. The fourth-order valence-corrected chi connectivity index (χ4v) is 1.86. The molecular formula is C13H28N2O2. The molecule has 17 heavy (non-hydrogen) atoms. The van der Waals surface area contributed by atoms with Crippen LogP contribution in [0.3, 0.4) is 0 Å². The zero-order chi connectivity index (χ0) is 13.5. The summed E-state index contributed by atoms with van der Waals surface area (Å²) in [5, 5.41) is 2.89. The second kappa shape index (κ2) is 7.67. The van der Waals surface area contributed by atoms with E-state index in [4.69, 9.17) is 10.5 Å². The van der Waals surface area contributed by atoms with Crippen molar-refractivity contribution in [1.29, 1.82) is 0 Å². The molecule has 0 spiro atoms. The first-order chi connectivity index (χ1) is 7.95. The standard InChI is InChI=1S/C13H28N2O2/c1-6-10(7-2)11(14)9-15-12(16)13(4,8-3)17-5/h10-11H,6-9,14H2,1-5H3,(H,15,16). The molecule has 0 aromatic heterocycles. The van der Waals surface area contributed by atoms with Gasteiger partial charge in [-0.3, -0.25) is 4.79 Å². The molecule has 0 aromatic carbocycles. The van der Waals surface area contributed by atoms with Gasteiger partial charge in [0.2, 0.25) is 0 Å². The maximum absolute atomic E-state index is 11.9. The van der Waals surface area contributed by atoms with Gasteiger partial charge in [-0.15, -0.1) is 0 Å². The van der Waals surface area contributed by atoms with Crippen molar-refractivity contribution in [2.45, 2.75) is 58.6 Å². The molecule has 0 heterocycles. The lowest BCUT2D eigenvalue weighted by Crippen LogP contribution is -2.50. The molecule has 2 unspecified atom stereocenters. The lowest BCUT2D eigenvalue weighted by molar-refractivity contribution is -0.141. The molecule has 1 amide bonds. The Morgan fingerprint density at radius 1 is 1.35 bits per heavy atom. The van der Waals surface area contributed by atoms with Gasteiger partial charge < -0.3 is 15.8 Å². The molecule has 3 N–H and O–H groups in total. The van der Waals surface area contributed by atoms with Crippen molar-refractivity contribution in [2.24, 2.45) is 11.7 Å². The second-order valence-corrected chi connectivity index (χ2v) is 4.74. The third kappa shape index (κ3) is 4.64. The molecule has 0 fully saturated rings. The summed E-state index contributed by atoms with van der Waals surface area (Å²) < 4.78 is 5.24. The largest absolute Gasteiger partial charge is 0.369 e. The van der Waals surface area contributed by atoms with Gasteiger partial charge in [0, 0.05) is 19.7 Å². The van der Waals surface area contributed by atoms with Crippen molar-refractivity contribution in [1.82, 2.24) is 5.32 Å². The number of methoxy groups -OCH3 is 1. The van der Waals surface area contributed by atoms with Gasteiger partial charge in [0.1, 0.15) is 5.60 Å². The summed E-state index contributed by atoms with van der Waals surface area (Å²) in [6, 6.07) is 0.0203. The monoisotopic (exact) mass is 244 g/mol. The minimum atomic E-state index is -0.742. The van der Waals surface area contributed by atoms with Crippen molar-refractivity contribution in [3.8, 4) is 0 Å².